The predicted molar refractivity (Wildman–Crippen MR) is 64.7 cm³/mol. The molecule has 1 aliphatic rings. The van der Waals surface area contributed by atoms with Gasteiger partial charge in [-0.25, -0.2) is 15.0 Å². The summed E-state index contributed by atoms with van der Waals surface area (Å²) < 4.78 is 7.04. The summed E-state index contributed by atoms with van der Waals surface area (Å²) in [6, 6.07) is 0. The molecule has 9 nitrogen and oxygen atoms in total. The number of ether oxygens (including phenoxy) is 1. The van der Waals surface area contributed by atoms with Crippen LogP contribution in [-0.4, -0.2) is 54.6 Å². The van der Waals surface area contributed by atoms with Gasteiger partial charge in [0.25, 0.3) is 0 Å². The lowest BCUT2D eigenvalue weighted by atomic mass is 10.1. The summed E-state index contributed by atoms with van der Waals surface area (Å²) >= 11 is 0. The molecule has 0 aliphatic carbocycles. The van der Waals surface area contributed by atoms with Crippen molar-refractivity contribution in [2.45, 2.75) is 24.5 Å². The summed E-state index contributed by atoms with van der Waals surface area (Å²) in [6.07, 6.45) is -0.850. The molecule has 1 saturated heterocycles. The van der Waals surface area contributed by atoms with Crippen molar-refractivity contribution in [3.63, 3.8) is 0 Å². The van der Waals surface area contributed by atoms with Crippen LogP contribution in [0.5, 0.6) is 0 Å². The maximum Gasteiger partial charge on any atom is 0.167 e. The van der Waals surface area contributed by atoms with Crippen molar-refractivity contribution in [3.8, 4) is 0 Å². The van der Waals surface area contributed by atoms with E-state index in [2.05, 4.69) is 15.0 Å². The van der Waals surface area contributed by atoms with E-state index in [1.54, 1.807) is 0 Å². The highest BCUT2D eigenvalue weighted by atomic mass is 16.6. The largest absolute Gasteiger partial charge is 0.387 e. The lowest BCUT2D eigenvalue weighted by Crippen LogP contribution is -2.35. The van der Waals surface area contributed by atoms with Crippen molar-refractivity contribution < 1.29 is 14.9 Å². The van der Waals surface area contributed by atoms with Crippen LogP contribution < -0.4 is 11.5 Å². The Morgan fingerprint density at radius 2 is 2.05 bits per heavy atom. The molecule has 9 heteroatoms. The van der Waals surface area contributed by atoms with Crippen LogP contribution in [0.4, 0.5) is 5.82 Å². The molecule has 1 fully saturated rings. The van der Waals surface area contributed by atoms with Gasteiger partial charge in [0.15, 0.2) is 17.7 Å². The lowest BCUT2D eigenvalue weighted by molar-refractivity contribution is -0.0322. The molecule has 0 amide bonds. The molecule has 6 N–H and O–H groups in total. The monoisotopic (exact) mass is 266 g/mol. The maximum absolute atomic E-state index is 10.0. The molecule has 1 aliphatic heterocycles. The van der Waals surface area contributed by atoms with Gasteiger partial charge in [-0.05, 0) is 0 Å². The number of aliphatic hydroxyl groups excluding tert-OH is 2. The van der Waals surface area contributed by atoms with E-state index < -0.39 is 24.5 Å². The Kier molecular flexibility index (Phi) is 2.82. The second-order valence-electron chi connectivity index (χ2n) is 4.36. The summed E-state index contributed by atoms with van der Waals surface area (Å²) in [4.78, 5) is 12.0. The maximum atomic E-state index is 10.0. The topological polar surface area (TPSA) is 145 Å². The molecule has 0 bridgehead atoms. The summed E-state index contributed by atoms with van der Waals surface area (Å²) in [6.45, 7) is 0.110. The van der Waals surface area contributed by atoms with Crippen LogP contribution in [0.3, 0.4) is 0 Å². The standard InChI is InChI=1S/C10H14N6O3/c11-1-4-6(17)7(18)10(19-4)16-3-15-5-8(12)13-2-14-9(5)16/h2-4,6-7,10,17-18H,1,11H2,(H2,12,13,14)/t4-,6+,7-,10-/m1/s1. The highest BCUT2D eigenvalue weighted by Gasteiger charge is 2.43. The Labute approximate surface area is 107 Å². The minimum absolute atomic E-state index is 0.110. The van der Waals surface area contributed by atoms with E-state index in [4.69, 9.17) is 16.2 Å². The van der Waals surface area contributed by atoms with Crippen LogP contribution in [0, 0.1) is 0 Å². The molecular formula is C10H14N6O3. The van der Waals surface area contributed by atoms with Crippen LogP contribution in [0.2, 0.25) is 0 Å². The number of rotatable bonds is 2. The first-order valence-corrected chi connectivity index (χ1v) is 5.78. The number of nitrogens with two attached hydrogens (primary N) is 2. The Bertz CT molecular complexity index is 602. The zero-order valence-corrected chi connectivity index (χ0v) is 9.92. The fraction of sp³-hybridized carbons (Fsp3) is 0.500. The van der Waals surface area contributed by atoms with Crippen molar-refractivity contribution in [1.29, 1.82) is 0 Å². The predicted octanol–water partition coefficient (Wildman–Crippen LogP) is -2.01. The molecule has 4 atom stereocenters. The zero-order chi connectivity index (χ0) is 13.6. The molecule has 3 heterocycles. The van der Waals surface area contributed by atoms with Crippen LogP contribution in [0.25, 0.3) is 11.2 Å². The van der Waals surface area contributed by atoms with Gasteiger partial charge in [-0.15, -0.1) is 0 Å². The minimum atomic E-state index is -1.11. The lowest BCUT2D eigenvalue weighted by Gasteiger charge is -2.16. The van der Waals surface area contributed by atoms with E-state index >= 15 is 0 Å². The van der Waals surface area contributed by atoms with Crippen molar-refractivity contribution in [3.05, 3.63) is 12.7 Å². The van der Waals surface area contributed by atoms with Crippen molar-refractivity contribution >= 4 is 17.0 Å². The summed E-state index contributed by atoms with van der Waals surface area (Å²) in [5.74, 6) is 0.243. The molecule has 102 valence electrons. The number of hydrogen-bond donors (Lipinski definition) is 4. The molecule has 0 aromatic carbocycles. The van der Waals surface area contributed by atoms with Crippen LogP contribution >= 0.6 is 0 Å². The second-order valence-corrected chi connectivity index (χ2v) is 4.36. The van der Waals surface area contributed by atoms with Gasteiger partial charge in [0.2, 0.25) is 0 Å². The average molecular weight is 266 g/mol. The smallest absolute Gasteiger partial charge is 0.167 e. The highest BCUT2D eigenvalue weighted by Crippen LogP contribution is 2.31. The highest BCUT2D eigenvalue weighted by molar-refractivity contribution is 5.81. The molecule has 3 rings (SSSR count). The van der Waals surface area contributed by atoms with E-state index in [0.29, 0.717) is 11.2 Å². The van der Waals surface area contributed by atoms with E-state index in [0.717, 1.165) is 0 Å². The van der Waals surface area contributed by atoms with Crippen molar-refractivity contribution in [2.24, 2.45) is 5.73 Å². The van der Waals surface area contributed by atoms with Crippen molar-refractivity contribution in [2.75, 3.05) is 12.3 Å². The normalized spacial score (nSPS) is 31.1. The molecule has 0 unspecified atom stereocenters. The number of fused-ring (bicyclic) bond motifs is 1. The quantitative estimate of drug-likeness (QED) is 0.487. The first kappa shape index (κ1) is 12.2. The first-order chi connectivity index (χ1) is 9.13. The first-order valence-electron chi connectivity index (χ1n) is 5.78. The Balaban J connectivity index is 2.04. The van der Waals surface area contributed by atoms with Gasteiger partial charge in [-0.2, -0.15) is 0 Å². The van der Waals surface area contributed by atoms with Gasteiger partial charge in [0.05, 0.1) is 6.33 Å². The Hall–Kier alpha value is -1.81. The van der Waals surface area contributed by atoms with E-state index in [9.17, 15) is 10.2 Å². The number of hydrogen-bond acceptors (Lipinski definition) is 8. The third-order valence-corrected chi connectivity index (χ3v) is 3.23. The fourth-order valence-corrected chi connectivity index (χ4v) is 2.21. The molecule has 0 radical (unpaired) electrons. The molecule has 0 saturated carbocycles. The number of nitrogen functional groups attached to an aromatic ring is 1. The SMILES string of the molecule is NC[C@H]1O[C@@H](n2cnc3c(N)ncnc32)[C@H](O)[C@H]1O. The second kappa shape index (κ2) is 4.38. The van der Waals surface area contributed by atoms with Crippen LogP contribution in [0.15, 0.2) is 12.7 Å². The van der Waals surface area contributed by atoms with Gasteiger partial charge in [0.1, 0.15) is 30.2 Å². The van der Waals surface area contributed by atoms with Gasteiger partial charge >= 0.3 is 0 Å². The van der Waals surface area contributed by atoms with Crippen LogP contribution in [0.1, 0.15) is 6.23 Å². The fourth-order valence-electron chi connectivity index (χ4n) is 2.21. The third-order valence-electron chi connectivity index (χ3n) is 3.23. The number of nitrogens with zero attached hydrogens (tertiary/aromatic N) is 4. The minimum Gasteiger partial charge on any atom is -0.387 e. The number of imidazole rings is 1. The van der Waals surface area contributed by atoms with E-state index in [1.165, 1.54) is 17.2 Å². The molecule has 2 aromatic rings. The van der Waals surface area contributed by atoms with Crippen LogP contribution in [-0.2, 0) is 4.74 Å². The number of aromatic nitrogens is 4. The van der Waals surface area contributed by atoms with Gasteiger partial charge in [-0.1, -0.05) is 0 Å². The Morgan fingerprint density at radius 1 is 1.26 bits per heavy atom. The van der Waals surface area contributed by atoms with Crippen molar-refractivity contribution in [1.82, 2.24) is 19.5 Å². The van der Waals surface area contributed by atoms with E-state index in [1.807, 2.05) is 0 Å². The Morgan fingerprint density at radius 3 is 2.74 bits per heavy atom. The average Bonchev–Trinajstić information content (AvgIpc) is 2.94. The molecule has 19 heavy (non-hydrogen) atoms. The molecular weight excluding hydrogens is 252 g/mol. The third kappa shape index (κ3) is 1.75. The number of aliphatic hydroxyl groups is 2. The van der Waals surface area contributed by atoms with Gasteiger partial charge in [-0.3, -0.25) is 4.57 Å². The molecule has 0 spiro atoms. The summed E-state index contributed by atoms with van der Waals surface area (Å²) in [5.41, 5.74) is 12.0. The van der Waals surface area contributed by atoms with Gasteiger partial charge < -0.3 is 26.4 Å². The number of anilines is 1. The zero-order valence-electron chi connectivity index (χ0n) is 9.92. The summed E-state index contributed by atoms with van der Waals surface area (Å²) in [5, 5.41) is 19.8. The summed E-state index contributed by atoms with van der Waals surface area (Å²) in [7, 11) is 0. The molecule has 2 aromatic heterocycles. The van der Waals surface area contributed by atoms with Gasteiger partial charge in [0, 0.05) is 6.54 Å². The van der Waals surface area contributed by atoms with E-state index in [-0.39, 0.29) is 12.4 Å².